The number of ether oxygens (including phenoxy) is 1. The predicted molar refractivity (Wildman–Crippen MR) is 65.6 cm³/mol. The highest BCUT2D eigenvalue weighted by Gasteiger charge is 2.12. The fourth-order valence-corrected chi connectivity index (χ4v) is 2.12. The molecule has 1 unspecified atom stereocenters. The van der Waals surface area contributed by atoms with E-state index in [0.717, 1.165) is 0 Å². The number of nitrogens with two attached hydrogens (primary N) is 1. The van der Waals surface area contributed by atoms with Gasteiger partial charge in [0, 0.05) is 6.20 Å². The Bertz CT molecular complexity index is 374. The van der Waals surface area contributed by atoms with Crippen LogP contribution in [0, 0.1) is 0 Å². The van der Waals surface area contributed by atoms with Gasteiger partial charge in [-0.15, -0.1) is 0 Å². The van der Waals surface area contributed by atoms with Crippen molar-refractivity contribution in [3.63, 3.8) is 0 Å². The Morgan fingerprint density at radius 2 is 2.19 bits per heavy atom. The minimum Gasteiger partial charge on any atom is -0.396 e. The van der Waals surface area contributed by atoms with Gasteiger partial charge in [-0.05, 0) is 26.8 Å². The summed E-state index contributed by atoms with van der Waals surface area (Å²) in [5.41, 5.74) is 5.95. The second-order valence-corrected chi connectivity index (χ2v) is 5.96. The third-order valence-electron chi connectivity index (χ3n) is 1.86. The van der Waals surface area contributed by atoms with Crippen LogP contribution in [0.3, 0.4) is 0 Å². The molecule has 16 heavy (non-hydrogen) atoms. The topological polar surface area (TPSA) is 65.2 Å². The molecule has 4 nitrogen and oxygen atoms in total. The van der Waals surface area contributed by atoms with Crippen molar-refractivity contribution in [2.24, 2.45) is 0 Å². The Morgan fingerprint density at radius 1 is 1.50 bits per heavy atom. The summed E-state index contributed by atoms with van der Waals surface area (Å²) in [7, 11) is -1.12. The van der Waals surface area contributed by atoms with Crippen molar-refractivity contribution < 1.29 is 8.95 Å². The zero-order valence-corrected chi connectivity index (χ0v) is 10.7. The lowest BCUT2D eigenvalue weighted by Gasteiger charge is -2.19. The van der Waals surface area contributed by atoms with Crippen LogP contribution in [0.4, 0.5) is 5.69 Å². The third-order valence-corrected chi connectivity index (χ3v) is 3.26. The molecule has 1 aromatic rings. The summed E-state index contributed by atoms with van der Waals surface area (Å²) in [5, 5.41) is 0. The zero-order valence-electron chi connectivity index (χ0n) is 9.90. The normalized spacial score (nSPS) is 13.7. The molecule has 0 saturated carbocycles. The molecule has 1 rings (SSSR count). The van der Waals surface area contributed by atoms with Gasteiger partial charge in [-0.2, -0.15) is 0 Å². The van der Waals surface area contributed by atoms with Gasteiger partial charge >= 0.3 is 0 Å². The lowest BCUT2D eigenvalue weighted by Crippen LogP contribution is -2.22. The highest BCUT2D eigenvalue weighted by molar-refractivity contribution is 7.85. The smallest absolute Gasteiger partial charge is 0.0664 e. The van der Waals surface area contributed by atoms with E-state index in [1.807, 2.05) is 20.8 Å². The summed E-state index contributed by atoms with van der Waals surface area (Å²) >= 11 is 0. The van der Waals surface area contributed by atoms with Crippen molar-refractivity contribution in [2.75, 3.05) is 18.1 Å². The number of aromatic nitrogens is 1. The molecule has 0 spiro atoms. The maximum Gasteiger partial charge on any atom is 0.0664 e. The Morgan fingerprint density at radius 3 is 2.75 bits per heavy atom. The molecule has 1 aromatic heterocycles. The van der Waals surface area contributed by atoms with E-state index in [9.17, 15) is 4.21 Å². The van der Waals surface area contributed by atoms with E-state index in [-0.39, 0.29) is 5.60 Å². The van der Waals surface area contributed by atoms with Crippen molar-refractivity contribution in [2.45, 2.75) is 31.3 Å². The molecule has 1 heterocycles. The Hall–Kier alpha value is -0.940. The maximum atomic E-state index is 11.9. The van der Waals surface area contributed by atoms with Gasteiger partial charge in [0.2, 0.25) is 0 Å². The molecule has 0 aliphatic heterocycles. The average molecular weight is 242 g/mol. The van der Waals surface area contributed by atoms with E-state index in [1.165, 1.54) is 6.20 Å². The van der Waals surface area contributed by atoms with Crippen molar-refractivity contribution in [1.29, 1.82) is 0 Å². The molecular formula is C11H18N2O2S. The van der Waals surface area contributed by atoms with Crippen LogP contribution in [0.1, 0.15) is 20.8 Å². The fourth-order valence-electron chi connectivity index (χ4n) is 1.13. The first-order chi connectivity index (χ1) is 7.40. The number of anilines is 1. The highest BCUT2D eigenvalue weighted by Crippen LogP contribution is 2.14. The lowest BCUT2D eigenvalue weighted by molar-refractivity contribution is 0.00669. The second-order valence-electron chi connectivity index (χ2n) is 4.42. The standard InChI is InChI=1S/C11H18N2O2S/c1-11(2,3)15-6-7-16(14)10-4-5-13-8-9(10)12/h4-5,8H,6-7,12H2,1-3H3. The Balaban J connectivity index is 2.51. The molecule has 0 radical (unpaired) electrons. The summed E-state index contributed by atoms with van der Waals surface area (Å²) < 4.78 is 17.4. The summed E-state index contributed by atoms with van der Waals surface area (Å²) in [4.78, 5) is 4.49. The SMILES string of the molecule is CC(C)(C)OCCS(=O)c1ccncc1N. The molecular weight excluding hydrogens is 224 g/mol. The van der Waals surface area contributed by atoms with E-state index < -0.39 is 10.8 Å². The first-order valence-corrected chi connectivity index (χ1v) is 6.44. The monoisotopic (exact) mass is 242 g/mol. The molecule has 2 N–H and O–H groups in total. The number of hydrogen-bond acceptors (Lipinski definition) is 4. The average Bonchev–Trinajstić information content (AvgIpc) is 2.16. The van der Waals surface area contributed by atoms with Crippen LogP contribution in [0.25, 0.3) is 0 Å². The van der Waals surface area contributed by atoms with Crippen molar-refractivity contribution in [3.05, 3.63) is 18.5 Å². The number of hydrogen-bond donors (Lipinski definition) is 1. The fraction of sp³-hybridized carbons (Fsp3) is 0.545. The van der Waals surface area contributed by atoms with Crippen LogP contribution in [-0.2, 0) is 15.5 Å². The van der Waals surface area contributed by atoms with Gasteiger partial charge in [-0.25, -0.2) is 0 Å². The summed E-state index contributed by atoms with van der Waals surface area (Å²) in [6.07, 6.45) is 3.10. The van der Waals surface area contributed by atoms with Crippen molar-refractivity contribution in [1.82, 2.24) is 4.98 Å². The summed E-state index contributed by atoms with van der Waals surface area (Å²) in [6, 6.07) is 1.68. The number of nitrogens with zero attached hydrogens (tertiary/aromatic N) is 1. The van der Waals surface area contributed by atoms with E-state index in [0.29, 0.717) is 22.9 Å². The van der Waals surface area contributed by atoms with Crippen molar-refractivity contribution in [3.8, 4) is 0 Å². The van der Waals surface area contributed by atoms with Gasteiger partial charge in [0.1, 0.15) is 0 Å². The molecule has 0 aliphatic carbocycles. The maximum absolute atomic E-state index is 11.9. The minimum atomic E-state index is -1.12. The molecule has 0 bridgehead atoms. The lowest BCUT2D eigenvalue weighted by atomic mass is 10.2. The van der Waals surface area contributed by atoms with Gasteiger partial charge in [0.25, 0.3) is 0 Å². The van der Waals surface area contributed by atoms with Crippen LogP contribution in [-0.4, -0.2) is 27.2 Å². The highest BCUT2D eigenvalue weighted by atomic mass is 32.2. The summed E-state index contributed by atoms with van der Waals surface area (Å²) in [6.45, 7) is 6.36. The third kappa shape index (κ3) is 4.28. The van der Waals surface area contributed by atoms with Gasteiger partial charge in [-0.1, -0.05) is 0 Å². The van der Waals surface area contributed by atoms with E-state index in [1.54, 1.807) is 12.3 Å². The van der Waals surface area contributed by atoms with Gasteiger partial charge in [0.05, 0.1) is 45.5 Å². The number of pyridine rings is 1. The molecule has 0 aromatic carbocycles. The quantitative estimate of drug-likeness (QED) is 0.870. The second kappa shape index (κ2) is 5.41. The van der Waals surface area contributed by atoms with Crippen LogP contribution in [0.15, 0.2) is 23.4 Å². The van der Waals surface area contributed by atoms with Crippen LogP contribution >= 0.6 is 0 Å². The van der Waals surface area contributed by atoms with E-state index >= 15 is 0 Å². The Labute approximate surface area is 98.7 Å². The van der Waals surface area contributed by atoms with Crippen molar-refractivity contribution >= 4 is 16.5 Å². The van der Waals surface area contributed by atoms with Gasteiger partial charge in [0.15, 0.2) is 0 Å². The van der Waals surface area contributed by atoms with Gasteiger partial charge in [-0.3, -0.25) is 9.19 Å². The Kier molecular flexibility index (Phi) is 4.44. The number of nitrogen functional groups attached to an aromatic ring is 1. The molecule has 1 atom stereocenters. The molecule has 0 amide bonds. The first-order valence-electron chi connectivity index (χ1n) is 5.12. The predicted octanol–water partition coefficient (Wildman–Crippen LogP) is 1.59. The minimum absolute atomic E-state index is 0.200. The zero-order chi connectivity index (χ0) is 12.2. The van der Waals surface area contributed by atoms with Crippen LogP contribution in [0.2, 0.25) is 0 Å². The molecule has 0 fully saturated rings. The first kappa shape index (κ1) is 13.1. The van der Waals surface area contributed by atoms with E-state index in [4.69, 9.17) is 10.5 Å². The summed E-state index contributed by atoms with van der Waals surface area (Å²) in [5.74, 6) is 0.450. The molecule has 5 heteroatoms. The van der Waals surface area contributed by atoms with E-state index in [2.05, 4.69) is 4.98 Å². The molecule has 0 saturated heterocycles. The molecule has 90 valence electrons. The largest absolute Gasteiger partial charge is 0.396 e. The van der Waals surface area contributed by atoms with Crippen LogP contribution in [0.5, 0.6) is 0 Å². The van der Waals surface area contributed by atoms with Crippen LogP contribution < -0.4 is 5.73 Å². The number of rotatable bonds is 4. The van der Waals surface area contributed by atoms with Gasteiger partial charge < -0.3 is 10.5 Å². The molecule has 0 aliphatic rings.